The molecule has 0 spiro atoms. The number of aromatic nitrogens is 3. The molecule has 0 saturated carbocycles. The third-order valence-corrected chi connectivity index (χ3v) is 6.13. The molecule has 1 amide bonds. The summed E-state index contributed by atoms with van der Waals surface area (Å²) in [5.41, 5.74) is 2.23. The van der Waals surface area contributed by atoms with Crippen LogP contribution in [0.2, 0.25) is 0 Å². The maximum atomic E-state index is 12.1. The number of pyridine rings is 1. The van der Waals surface area contributed by atoms with Crippen LogP contribution in [0.4, 0.5) is 5.82 Å². The van der Waals surface area contributed by atoms with Crippen molar-refractivity contribution in [1.82, 2.24) is 19.9 Å². The number of thiophene rings is 1. The van der Waals surface area contributed by atoms with E-state index in [1.54, 1.807) is 42.7 Å². The molecule has 0 radical (unpaired) electrons. The zero-order valence-electron chi connectivity index (χ0n) is 15.8. The Balaban J connectivity index is 1.82. The molecule has 4 rings (SSSR count). The number of hydrogen-bond acceptors (Lipinski definition) is 6. The molecule has 0 aromatic carbocycles. The lowest BCUT2D eigenvalue weighted by Gasteiger charge is -2.18. The summed E-state index contributed by atoms with van der Waals surface area (Å²) in [6, 6.07) is 3.84. The van der Waals surface area contributed by atoms with Gasteiger partial charge in [0.25, 0.3) is 0 Å². The summed E-state index contributed by atoms with van der Waals surface area (Å²) >= 11 is 1.76. The molecule has 0 unspecified atom stereocenters. The summed E-state index contributed by atoms with van der Waals surface area (Å²) in [5, 5.41) is 4.35. The number of likely N-dealkylation sites (N-methyl/N-ethyl adjacent to an activating group) is 1. The maximum Gasteiger partial charge on any atom is 0.241 e. The van der Waals surface area contributed by atoms with E-state index in [0.29, 0.717) is 11.7 Å². The van der Waals surface area contributed by atoms with Crippen molar-refractivity contribution in [3.63, 3.8) is 0 Å². The molecular formula is C20H23N5OS. The summed E-state index contributed by atoms with van der Waals surface area (Å²) in [5.74, 6) is 2.11. The lowest BCUT2D eigenvalue weighted by atomic mass is 9.89. The van der Waals surface area contributed by atoms with Gasteiger partial charge in [-0.3, -0.25) is 9.78 Å². The molecule has 0 bridgehead atoms. The monoisotopic (exact) mass is 381 g/mol. The van der Waals surface area contributed by atoms with Gasteiger partial charge in [0.05, 0.1) is 11.9 Å². The van der Waals surface area contributed by atoms with E-state index in [-0.39, 0.29) is 12.5 Å². The molecule has 3 heterocycles. The molecule has 27 heavy (non-hydrogen) atoms. The number of fused-ring (bicyclic) bond motifs is 3. The molecule has 7 heteroatoms. The fourth-order valence-electron chi connectivity index (χ4n) is 3.41. The lowest BCUT2D eigenvalue weighted by Crippen LogP contribution is -2.29. The van der Waals surface area contributed by atoms with Crippen LogP contribution in [0, 0.1) is 5.92 Å². The molecule has 0 fully saturated rings. The zero-order valence-corrected chi connectivity index (χ0v) is 16.6. The van der Waals surface area contributed by atoms with E-state index in [4.69, 9.17) is 9.97 Å². The Kier molecular flexibility index (Phi) is 4.78. The summed E-state index contributed by atoms with van der Waals surface area (Å²) in [4.78, 5) is 29.9. The molecule has 1 aliphatic carbocycles. The van der Waals surface area contributed by atoms with Gasteiger partial charge in [0.1, 0.15) is 10.6 Å². The quantitative estimate of drug-likeness (QED) is 0.750. The van der Waals surface area contributed by atoms with Gasteiger partial charge >= 0.3 is 0 Å². The largest absolute Gasteiger partial charge is 0.360 e. The van der Waals surface area contributed by atoms with Crippen LogP contribution in [0.5, 0.6) is 0 Å². The first kappa shape index (κ1) is 17.9. The Morgan fingerprint density at radius 3 is 2.96 bits per heavy atom. The number of aryl methyl sites for hydroxylation is 1. The van der Waals surface area contributed by atoms with Crippen LogP contribution in [-0.4, -0.2) is 46.4 Å². The first-order chi connectivity index (χ1) is 13.0. The molecule has 1 aliphatic rings. The number of nitrogens with one attached hydrogen (secondary N) is 1. The summed E-state index contributed by atoms with van der Waals surface area (Å²) < 4.78 is 0. The number of anilines is 1. The van der Waals surface area contributed by atoms with E-state index in [1.165, 1.54) is 16.9 Å². The van der Waals surface area contributed by atoms with Crippen molar-refractivity contribution < 1.29 is 4.79 Å². The van der Waals surface area contributed by atoms with Crippen LogP contribution >= 0.6 is 11.3 Å². The minimum atomic E-state index is 0.0161. The van der Waals surface area contributed by atoms with Crippen molar-refractivity contribution in [2.24, 2.45) is 5.92 Å². The summed E-state index contributed by atoms with van der Waals surface area (Å²) in [6.07, 6.45) is 6.82. The van der Waals surface area contributed by atoms with Gasteiger partial charge in [0, 0.05) is 36.9 Å². The van der Waals surface area contributed by atoms with E-state index in [0.717, 1.165) is 34.4 Å². The van der Waals surface area contributed by atoms with Crippen LogP contribution < -0.4 is 5.32 Å². The van der Waals surface area contributed by atoms with Crippen molar-refractivity contribution in [3.8, 4) is 11.4 Å². The van der Waals surface area contributed by atoms with Crippen LogP contribution in [-0.2, 0) is 17.6 Å². The summed E-state index contributed by atoms with van der Waals surface area (Å²) in [7, 11) is 3.52. The van der Waals surface area contributed by atoms with Crippen molar-refractivity contribution in [2.45, 2.75) is 26.2 Å². The second-order valence-electron chi connectivity index (χ2n) is 7.31. The van der Waals surface area contributed by atoms with Gasteiger partial charge in [-0.15, -0.1) is 11.3 Å². The molecule has 1 N–H and O–H groups in total. The number of carbonyl (C=O) groups is 1. The van der Waals surface area contributed by atoms with E-state index >= 15 is 0 Å². The van der Waals surface area contributed by atoms with Gasteiger partial charge in [-0.2, -0.15) is 0 Å². The lowest BCUT2D eigenvalue weighted by molar-refractivity contribution is -0.126. The second-order valence-corrected chi connectivity index (χ2v) is 8.39. The molecule has 1 atom stereocenters. The molecular weight excluding hydrogens is 358 g/mol. The molecule has 6 nitrogen and oxygen atoms in total. The third-order valence-electron chi connectivity index (χ3n) is 4.98. The highest BCUT2D eigenvalue weighted by Crippen LogP contribution is 2.40. The number of carbonyl (C=O) groups excluding carboxylic acids is 1. The van der Waals surface area contributed by atoms with Gasteiger partial charge in [-0.25, -0.2) is 9.97 Å². The SMILES string of the molecule is C[C@H]1CCc2c(sc3nc(-c4cccnc4)nc(NCC(=O)N(C)C)c23)C1. The maximum absolute atomic E-state index is 12.1. The minimum absolute atomic E-state index is 0.0161. The Morgan fingerprint density at radius 1 is 1.37 bits per heavy atom. The smallest absolute Gasteiger partial charge is 0.241 e. The van der Waals surface area contributed by atoms with Crippen molar-refractivity contribution in [3.05, 3.63) is 35.0 Å². The highest BCUT2D eigenvalue weighted by molar-refractivity contribution is 7.19. The van der Waals surface area contributed by atoms with Crippen molar-refractivity contribution in [2.75, 3.05) is 26.0 Å². The Morgan fingerprint density at radius 2 is 2.22 bits per heavy atom. The highest BCUT2D eigenvalue weighted by atomic mass is 32.1. The molecule has 0 saturated heterocycles. The van der Waals surface area contributed by atoms with E-state index < -0.39 is 0 Å². The predicted molar refractivity (Wildman–Crippen MR) is 109 cm³/mol. The van der Waals surface area contributed by atoms with Crippen molar-refractivity contribution in [1.29, 1.82) is 0 Å². The average Bonchev–Trinajstić information content (AvgIpc) is 3.03. The molecule has 3 aromatic rings. The number of nitrogens with zero attached hydrogens (tertiary/aromatic N) is 4. The molecule has 140 valence electrons. The number of hydrogen-bond donors (Lipinski definition) is 1. The fourth-order valence-corrected chi connectivity index (χ4v) is 4.79. The van der Waals surface area contributed by atoms with Gasteiger partial charge < -0.3 is 10.2 Å². The van der Waals surface area contributed by atoms with Gasteiger partial charge in [-0.1, -0.05) is 6.92 Å². The average molecular weight is 382 g/mol. The summed E-state index contributed by atoms with van der Waals surface area (Å²) in [6.45, 7) is 2.52. The van der Waals surface area contributed by atoms with Gasteiger partial charge in [0.15, 0.2) is 5.82 Å². The third kappa shape index (κ3) is 3.51. The molecule has 0 aliphatic heterocycles. The Bertz CT molecular complexity index is 983. The second kappa shape index (κ2) is 7.23. The number of rotatable bonds is 4. The van der Waals surface area contributed by atoms with Crippen LogP contribution in [0.25, 0.3) is 21.6 Å². The Hall–Kier alpha value is -2.54. The van der Waals surface area contributed by atoms with E-state index in [1.807, 2.05) is 12.1 Å². The van der Waals surface area contributed by atoms with Crippen molar-refractivity contribution >= 4 is 33.3 Å². The van der Waals surface area contributed by atoms with Crippen LogP contribution in [0.1, 0.15) is 23.8 Å². The topological polar surface area (TPSA) is 71.0 Å². The number of amides is 1. The highest BCUT2D eigenvalue weighted by Gasteiger charge is 2.24. The van der Waals surface area contributed by atoms with E-state index in [2.05, 4.69) is 17.2 Å². The normalized spacial score (nSPS) is 16.2. The standard InChI is InChI=1S/C20H23N5OS/c1-12-6-7-14-15(9-12)27-20-17(14)19(22-11-16(26)25(2)3)23-18(24-20)13-5-4-8-21-10-13/h4-5,8,10,12H,6-7,9,11H2,1-3H3,(H,22,23,24)/t12-/m0/s1. The predicted octanol–water partition coefficient (Wildman–Crippen LogP) is 3.38. The molecule has 3 aromatic heterocycles. The fraction of sp³-hybridized carbons (Fsp3) is 0.400. The van der Waals surface area contributed by atoms with E-state index in [9.17, 15) is 4.79 Å². The zero-order chi connectivity index (χ0) is 19.0. The first-order valence-corrected chi connectivity index (χ1v) is 10.0. The van der Waals surface area contributed by atoms with Crippen LogP contribution in [0.3, 0.4) is 0 Å². The van der Waals surface area contributed by atoms with Gasteiger partial charge in [0.2, 0.25) is 5.91 Å². The Labute approximate surface area is 162 Å². The minimum Gasteiger partial charge on any atom is -0.360 e. The van der Waals surface area contributed by atoms with Crippen LogP contribution in [0.15, 0.2) is 24.5 Å². The van der Waals surface area contributed by atoms with Gasteiger partial charge in [-0.05, 0) is 42.9 Å². The first-order valence-electron chi connectivity index (χ1n) is 9.19.